The first kappa shape index (κ1) is 12.7. The van der Waals surface area contributed by atoms with Crippen LogP contribution in [-0.4, -0.2) is 18.9 Å². The van der Waals surface area contributed by atoms with Gasteiger partial charge in [0.15, 0.2) is 5.78 Å². The number of hydrogen-bond donors (Lipinski definition) is 1. The number of nitrogens with one attached hydrogen (secondary N) is 1. The Balaban J connectivity index is 2.59. The van der Waals surface area contributed by atoms with Gasteiger partial charge in [-0.1, -0.05) is 24.3 Å². The third-order valence-electron chi connectivity index (χ3n) is 2.63. The van der Waals surface area contributed by atoms with Gasteiger partial charge >= 0.3 is 0 Å². The number of ketones is 1. The van der Waals surface area contributed by atoms with Crippen LogP contribution in [0.1, 0.15) is 16.7 Å². The number of rotatable bonds is 6. The van der Waals surface area contributed by atoms with Crippen LogP contribution in [0.15, 0.2) is 30.9 Å². The third-order valence-corrected chi connectivity index (χ3v) is 2.63. The molecule has 1 aromatic rings. The zero-order chi connectivity index (χ0) is 12.0. The SMILES string of the molecule is C=CCNCC(=O)Cc1c(C)cccc1C. The monoisotopic (exact) mass is 217 g/mol. The predicted octanol–water partition coefficient (Wildman–Crippen LogP) is 2.19. The fourth-order valence-electron chi connectivity index (χ4n) is 1.70. The molecule has 2 nitrogen and oxygen atoms in total. The standard InChI is InChI=1S/C14H19NO/c1-4-8-15-10-13(16)9-14-11(2)6-5-7-12(14)3/h4-7,15H,1,8-10H2,2-3H3. The van der Waals surface area contributed by atoms with Crippen LogP contribution >= 0.6 is 0 Å². The summed E-state index contributed by atoms with van der Waals surface area (Å²) in [6, 6.07) is 6.12. The van der Waals surface area contributed by atoms with Crippen molar-refractivity contribution in [1.82, 2.24) is 5.32 Å². The van der Waals surface area contributed by atoms with Crippen molar-refractivity contribution < 1.29 is 4.79 Å². The first-order valence-corrected chi connectivity index (χ1v) is 5.53. The maximum Gasteiger partial charge on any atom is 0.150 e. The summed E-state index contributed by atoms with van der Waals surface area (Å²) in [5.74, 6) is 0.222. The lowest BCUT2D eigenvalue weighted by molar-refractivity contribution is -0.117. The molecule has 0 bridgehead atoms. The summed E-state index contributed by atoms with van der Waals surface area (Å²) in [5, 5.41) is 3.03. The van der Waals surface area contributed by atoms with E-state index in [0.29, 0.717) is 19.5 Å². The lowest BCUT2D eigenvalue weighted by Crippen LogP contribution is -2.24. The minimum absolute atomic E-state index is 0.222. The van der Waals surface area contributed by atoms with Crippen LogP contribution in [0, 0.1) is 13.8 Å². The highest BCUT2D eigenvalue weighted by Crippen LogP contribution is 2.13. The predicted molar refractivity (Wildman–Crippen MR) is 67.7 cm³/mol. The van der Waals surface area contributed by atoms with Gasteiger partial charge in [-0.25, -0.2) is 0 Å². The normalized spacial score (nSPS) is 10.1. The van der Waals surface area contributed by atoms with Crippen LogP contribution in [0.5, 0.6) is 0 Å². The quantitative estimate of drug-likeness (QED) is 0.584. The molecule has 0 spiro atoms. The molecule has 0 amide bonds. The van der Waals surface area contributed by atoms with Gasteiger partial charge in [-0.05, 0) is 30.5 Å². The first-order chi connectivity index (χ1) is 7.65. The van der Waals surface area contributed by atoms with Gasteiger partial charge in [-0.3, -0.25) is 4.79 Å². The molecular weight excluding hydrogens is 198 g/mol. The van der Waals surface area contributed by atoms with Crippen LogP contribution in [0.25, 0.3) is 0 Å². The second kappa shape index (κ2) is 6.23. The van der Waals surface area contributed by atoms with E-state index < -0.39 is 0 Å². The molecule has 16 heavy (non-hydrogen) atoms. The largest absolute Gasteiger partial charge is 0.307 e. The molecule has 0 unspecified atom stereocenters. The number of carbonyl (C=O) groups excluding carboxylic acids is 1. The third kappa shape index (κ3) is 3.63. The maximum atomic E-state index is 11.7. The summed E-state index contributed by atoms with van der Waals surface area (Å²) in [5.41, 5.74) is 3.54. The van der Waals surface area contributed by atoms with Crippen molar-refractivity contribution in [3.8, 4) is 0 Å². The highest BCUT2D eigenvalue weighted by molar-refractivity contribution is 5.83. The zero-order valence-corrected chi connectivity index (χ0v) is 10.0. The number of Topliss-reactive ketones (excluding diaryl/α,β-unsaturated/α-hetero) is 1. The van der Waals surface area contributed by atoms with Gasteiger partial charge in [0, 0.05) is 13.0 Å². The molecule has 0 aliphatic heterocycles. The molecule has 1 aromatic carbocycles. The highest BCUT2D eigenvalue weighted by Gasteiger charge is 2.07. The lowest BCUT2D eigenvalue weighted by atomic mass is 9.98. The van der Waals surface area contributed by atoms with E-state index in [0.717, 1.165) is 5.56 Å². The number of hydrogen-bond acceptors (Lipinski definition) is 2. The van der Waals surface area contributed by atoms with Crippen LogP contribution in [0.2, 0.25) is 0 Å². The van der Waals surface area contributed by atoms with Gasteiger partial charge in [0.1, 0.15) is 0 Å². The fraction of sp³-hybridized carbons (Fsp3) is 0.357. The molecule has 2 heteroatoms. The average molecular weight is 217 g/mol. The topological polar surface area (TPSA) is 29.1 Å². The molecule has 0 atom stereocenters. The van der Waals surface area contributed by atoms with E-state index in [4.69, 9.17) is 0 Å². The van der Waals surface area contributed by atoms with Crippen molar-refractivity contribution in [2.45, 2.75) is 20.3 Å². The molecule has 0 radical (unpaired) electrons. The molecule has 0 saturated heterocycles. The van der Waals surface area contributed by atoms with Crippen LogP contribution < -0.4 is 5.32 Å². The summed E-state index contributed by atoms with van der Waals surface area (Å²) in [4.78, 5) is 11.7. The number of carbonyl (C=O) groups is 1. The van der Waals surface area contributed by atoms with Crippen molar-refractivity contribution >= 4 is 5.78 Å². The van der Waals surface area contributed by atoms with Gasteiger partial charge < -0.3 is 5.32 Å². The molecule has 1 rings (SSSR count). The van der Waals surface area contributed by atoms with Crippen LogP contribution in [-0.2, 0) is 11.2 Å². The van der Waals surface area contributed by atoms with Gasteiger partial charge in [0.25, 0.3) is 0 Å². The molecule has 1 N–H and O–H groups in total. The Kier molecular flexibility index (Phi) is 4.93. The van der Waals surface area contributed by atoms with Gasteiger partial charge in [-0.15, -0.1) is 6.58 Å². The van der Waals surface area contributed by atoms with Crippen molar-refractivity contribution in [2.75, 3.05) is 13.1 Å². The molecule has 0 aromatic heterocycles. The summed E-state index contributed by atoms with van der Waals surface area (Å²) < 4.78 is 0. The van der Waals surface area contributed by atoms with E-state index in [-0.39, 0.29) is 5.78 Å². The second-order valence-corrected chi connectivity index (χ2v) is 4.01. The zero-order valence-electron chi connectivity index (χ0n) is 10.0. The van der Waals surface area contributed by atoms with Gasteiger partial charge in [0.2, 0.25) is 0 Å². The molecule has 86 valence electrons. The van der Waals surface area contributed by atoms with Crippen LogP contribution in [0.3, 0.4) is 0 Å². The Hall–Kier alpha value is -1.41. The van der Waals surface area contributed by atoms with Crippen LogP contribution in [0.4, 0.5) is 0 Å². The number of aryl methyl sites for hydroxylation is 2. The molecular formula is C14H19NO. The lowest BCUT2D eigenvalue weighted by Gasteiger charge is -2.08. The minimum atomic E-state index is 0.222. The van der Waals surface area contributed by atoms with E-state index in [1.807, 2.05) is 32.0 Å². The molecule has 0 heterocycles. The Bertz CT molecular complexity index is 362. The molecule has 0 fully saturated rings. The van der Waals surface area contributed by atoms with E-state index in [2.05, 4.69) is 11.9 Å². The van der Waals surface area contributed by atoms with E-state index in [1.54, 1.807) is 6.08 Å². The van der Waals surface area contributed by atoms with Crippen molar-refractivity contribution in [3.63, 3.8) is 0 Å². The highest BCUT2D eigenvalue weighted by atomic mass is 16.1. The molecule has 0 saturated carbocycles. The average Bonchev–Trinajstić information content (AvgIpc) is 2.24. The van der Waals surface area contributed by atoms with Gasteiger partial charge in [-0.2, -0.15) is 0 Å². The summed E-state index contributed by atoms with van der Waals surface area (Å²) in [6.07, 6.45) is 2.27. The van der Waals surface area contributed by atoms with Gasteiger partial charge in [0.05, 0.1) is 6.54 Å². The summed E-state index contributed by atoms with van der Waals surface area (Å²) >= 11 is 0. The Labute approximate surface area is 97.4 Å². The number of benzene rings is 1. The molecule has 0 aliphatic rings. The minimum Gasteiger partial charge on any atom is -0.307 e. The van der Waals surface area contributed by atoms with Crippen molar-refractivity contribution in [3.05, 3.63) is 47.5 Å². The van der Waals surface area contributed by atoms with E-state index >= 15 is 0 Å². The smallest absolute Gasteiger partial charge is 0.150 e. The maximum absolute atomic E-state index is 11.7. The Morgan fingerprint density at radius 1 is 1.38 bits per heavy atom. The van der Waals surface area contributed by atoms with Crippen molar-refractivity contribution in [2.24, 2.45) is 0 Å². The first-order valence-electron chi connectivity index (χ1n) is 5.53. The van der Waals surface area contributed by atoms with Crippen molar-refractivity contribution in [1.29, 1.82) is 0 Å². The summed E-state index contributed by atoms with van der Waals surface area (Å²) in [6.45, 7) is 8.79. The Morgan fingerprint density at radius 2 is 2.00 bits per heavy atom. The Morgan fingerprint density at radius 3 is 2.56 bits per heavy atom. The fourth-order valence-corrected chi connectivity index (χ4v) is 1.70. The second-order valence-electron chi connectivity index (χ2n) is 4.01. The summed E-state index contributed by atoms with van der Waals surface area (Å²) in [7, 11) is 0. The molecule has 0 aliphatic carbocycles. The van der Waals surface area contributed by atoms with E-state index in [1.165, 1.54) is 11.1 Å². The van der Waals surface area contributed by atoms with E-state index in [9.17, 15) is 4.79 Å².